The third kappa shape index (κ3) is 2.31. The molecule has 0 aliphatic heterocycles. The minimum atomic E-state index is -4.61. The molecule has 90 valence electrons. The molecule has 0 saturated heterocycles. The molecule has 0 radical (unpaired) electrons. The first-order chi connectivity index (χ1) is 7.88. The number of aromatic amines is 1. The number of rotatable bonds is 1. The molecule has 0 aliphatic carbocycles. The second kappa shape index (κ2) is 3.88. The van der Waals surface area contributed by atoms with E-state index in [1.165, 1.54) is 0 Å². The molecule has 17 heavy (non-hydrogen) atoms. The van der Waals surface area contributed by atoms with E-state index in [1.54, 1.807) is 0 Å². The highest BCUT2D eigenvalue weighted by molar-refractivity contribution is 6.31. The van der Waals surface area contributed by atoms with Crippen molar-refractivity contribution < 1.29 is 17.7 Å². The third-order valence-electron chi connectivity index (χ3n) is 1.84. The molecule has 9 heteroatoms. The molecule has 2 rings (SSSR count). The fourth-order valence-corrected chi connectivity index (χ4v) is 1.34. The lowest BCUT2D eigenvalue weighted by atomic mass is 10.2. The first-order valence-electron chi connectivity index (χ1n) is 4.17. The number of nitrogens with one attached hydrogen (secondary N) is 1. The van der Waals surface area contributed by atoms with Crippen molar-refractivity contribution in [1.82, 2.24) is 15.1 Å². The first-order valence-corrected chi connectivity index (χ1v) is 4.55. The van der Waals surface area contributed by atoms with Crippen molar-refractivity contribution in [3.8, 4) is 11.5 Å². The molecule has 0 unspecified atom stereocenters. The molecule has 0 bridgehead atoms. The van der Waals surface area contributed by atoms with Crippen molar-refractivity contribution in [3.05, 3.63) is 33.4 Å². The summed E-state index contributed by atoms with van der Waals surface area (Å²) in [5, 5.41) is 2.69. The zero-order valence-corrected chi connectivity index (χ0v) is 8.63. The van der Waals surface area contributed by atoms with E-state index in [0.717, 1.165) is 6.20 Å². The van der Waals surface area contributed by atoms with Crippen molar-refractivity contribution >= 4 is 11.6 Å². The highest BCUT2D eigenvalue weighted by atomic mass is 35.5. The van der Waals surface area contributed by atoms with E-state index in [2.05, 4.69) is 19.6 Å². The summed E-state index contributed by atoms with van der Waals surface area (Å²) in [5.74, 6) is -1.08. The average Bonchev–Trinajstić information content (AvgIpc) is 2.64. The van der Waals surface area contributed by atoms with Gasteiger partial charge in [0.15, 0.2) is 0 Å². The van der Waals surface area contributed by atoms with Gasteiger partial charge in [-0.15, -0.1) is 0 Å². The Morgan fingerprint density at radius 3 is 2.65 bits per heavy atom. The maximum Gasteiger partial charge on any atom is 0.439 e. The number of hydrogen-bond donors (Lipinski definition) is 1. The molecule has 0 aliphatic rings. The summed E-state index contributed by atoms with van der Waals surface area (Å²) < 4.78 is 41.7. The van der Waals surface area contributed by atoms with E-state index in [0.29, 0.717) is 6.07 Å². The molecule has 2 heterocycles. The molecule has 0 saturated carbocycles. The Balaban J connectivity index is 2.55. The van der Waals surface area contributed by atoms with Crippen molar-refractivity contribution in [2.75, 3.05) is 0 Å². The minimum Gasteiger partial charge on any atom is -0.296 e. The van der Waals surface area contributed by atoms with Crippen molar-refractivity contribution in [1.29, 1.82) is 0 Å². The van der Waals surface area contributed by atoms with Gasteiger partial charge in [-0.25, -0.2) is 4.79 Å². The van der Waals surface area contributed by atoms with Gasteiger partial charge in [-0.3, -0.25) is 14.5 Å². The van der Waals surface area contributed by atoms with Gasteiger partial charge in [0.1, 0.15) is 5.69 Å². The van der Waals surface area contributed by atoms with Gasteiger partial charge in [-0.1, -0.05) is 16.8 Å². The molecule has 5 nitrogen and oxygen atoms in total. The van der Waals surface area contributed by atoms with Crippen molar-refractivity contribution in [3.63, 3.8) is 0 Å². The predicted octanol–water partition coefficient (Wildman–Crippen LogP) is 2.10. The molecule has 0 fully saturated rings. The zero-order chi connectivity index (χ0) is 12.6. The Labute approximate surface area is 96.2 Å². The van der Waals surface area contributed by atoms with Crippen LogP contribution in [-0.2, 0) is 6.18 Å². The van der Waals surface area contributed by atoms with E-state index >= 15 is 0 Å². The summed E-state index contributed by atoms with van der Waals surface area (Å²) in [4.78, 5) is 16.3. The van der Waals surface area contributed by atoms with Gasteiger partial charge in [0.05, 0.1) is 10.6 Å². The molecule has 2 aromatic heterocycles. The number of pyridine rings is 1. The van der Waals surface area contributed by atoms with Crippen LogP contribution >= 0.6 is 11.6 Å². The predicted molar refractivity (Wildman–Crippen MR) is 50.4 cm³/mol. The molecule has 0 amide bonds. The number of aromatic nitrogens is 3. The maximum atomic E-state index is 12.5. The molecule has 0 spiro atoms. The van der Waals surface area contributed by atoms with E-state index in [4.69, 9.17) is 11.6 Å². The second-order valence-electron chi connectivity index (χ2n) is 2.99. The fraction of sp³-hybridized carbons (Fsp3) is 0.125. The van der Waals surface area contributed by atoms with E-state index < -0.39 is 22.5 Å². The number of hydrogen-bond acceptors (Lipinski definition) is 4. The van der Waals surface area contributed by atoms with Crippen molar-refractivity contribution in [2.45, 2.75) is 6.18 Å². The lowest BCUT2D eigenvalue weighted by Crippen LogP contribution is -2.07. The van der Waals surface area contributed by atoms with Gasteiger partial charge < -0.3 is 0 Å². The van der Waals surface area contributed by atoms with Gasteiger partial charge in [-0.05, 0) is 6.07 Å². The molecule has 1 N–H and O–H groups in total. The Kier molecular flexibility index (Phi) is 2.66. The SMILES string of the molecule is O=c1[nH]c(-c2cc(C(F)(F)F)c(Cl)cn2)no1. The monoisotopic (exact) mass is 265 g/mol. The Bertz CT molecular complexity index is 605. The molecular weight excluding hydrogens is 263 g/mol. The Hall–Kier alpha value is -1.83. The third-order valence-corrected chi connectivity index (χ3v) is 2.14. The number of halogens is 4. The van der Waals surface area contributed by atoms with Gasteiger partial charge in [0.25, 0.3) is 0 Å². The summed E-state index contributed by atoms with van der Waals surface area (Å²) in [5.41, 5.74) is -1.25. The molecular formula is C8H3ClF3N3O2. The topological polar surface area (TPSA) is 71.8 Å². The largest absolute Gasteiger partial charge is 0.439 e. The quantitative estimate of drug-likeness (QED) is 0.857. The van der Waals surface area contributed by atoms with Crippen molar-refractivity contribution in [2.24, 2.45) is 0 Å². The van der Waals surface area contributed by atoms with Crippen LogP contribution in [0.5, 0.6) is 0 Å². The summed E-state index contributed by atoms with van der Waals surface area (Å²) in [6, 6.07) is 0.677. The Morgan fingerprint density at radius 2 is 2.12 bits per heavy atom. The number of alkyl halides is 3. The summed E-state index contributed by atoms with van der Waals surface area (Å²) in [6.07, 6.45) is -3.79. The standard InChI is InChI=1S/C8H3ClF3N3O2/c9-4-2-13-5(1-3(4)8(10,11)12)6-14-7(16)17-15-6/h1-2H,(H,14,15,16). The highest BCUT2D eigenvalue weighted by Gasteiger charge is 2.34. The maximum absolute atomic E-state index is 12.5. The van der Waals surface area contributed by atoms with Crippen LogP contribution in [0.2, 0.25) is 5.02 Å². The fourth-order valence-electron chi connectivity index (χ4n) is 1.13. The summed E-state index contributed by atoms with van der Waals surface area (Å²) in [6.45, 7) is 0. The number of nitrogens with zero attached hydrogens (tertiary/aromatic N) is 2. The van der Waals surface area contributed by atoms with E-state index in [-0.39, 0.29) is 11.5 Å². The van der Waals surface area contributed by atoms with Crippen LogP contribution in [0.25, 0.3) is 11.5 Å². The van der Waals surface area contributed by atoms with Gasteiger partial charge in [0.2, 0.25) is 5.82 Å². The summed E-state index contributed by atoms with van der Waals surface area (Å²) in [7, 11) is 0. The van der Waals surface area contributed by atoms with Crippen LogP contribution in [0.1, 0.15) is 5.56 Å². The number of H-pyrrole nitrogens is 1. The highest BCUT2D eigenvalue weighted by Crippen LogP contribution is 2.35. The van der Waals surface area contributed by atoms with Crippen LogP contribution in [0, 0.1) is 0 Å². The molecule has 0 aromatic carbocycles. The van der Waals surface area contributed by atoms with E-state index in [1.807, 2.05) is 0 Å². The van der Waals surface area contributed by atoms with Crippen LogP contribution < -0.4 is 5.76 Å². The second-order valence-corrected chi connectivity index (χ2v) is 3.40. The summed E-state index contributed by atoms with van der Waals surface area (Å²) >= 11 is 5.38. The zero-order valence-electron chi connectivity index (χ0n) is 7.88. The van der Waals surface area contributed by atoms with Crippen LogP contribution in [0.3, 0.4) is 0 Å². The molecule has 2 aromatic rings. The smallest absolute Gasteiger partial charge is 0.296 e. The van der Waals surface area contributed by atoms with Gasteiger partial charge >= 0.3 is 11.9 Å². The Morgan fingerprint density at radius 1 is 1.41 bits per heavy atom. The lowest BCUT2D eigenvalue weighted by Gasteiger charge is -2.08. The van der Waals surface area contributed by atoms with Gasteiger partial charge in [0, 0.05) is 6.20 Å². The lowest BCUT2D eigenvalue weighted by molar-refractivity contribution is -0.137. The average molecular weight is 266 g/mol. The van der Waals surface area contributed by atoms with Gasteiger partial charge in [-0.2, -0.15) is 13.2 Å². The van der Waals surface area contributed by atoms with Crippen LogP contribution in [0.4, 0.5) is 13.2 Å². The minimum absolute atomic E-state index is 0.187. The van der Waals surface area contributed by atoms with Crippen LogP contribution in [0.15, 0.2) is 21.6 Å². The van der Waals surface area contributed by atoms with E-state index in [9.17, 15) is 18.0 Å². The first kappa shape index (κ1) is 11.6. The van der Waals surface area contributed by atoms with Crippen LogP contribution in [-0.4, -0.2) is 15.1 Å². The molecule has 0 atom stereocenters. The normalized spacial score (nSPS) is 11.8.